The first-order valence-corrected chi connectivity index (χ1v) is 13.3. The molecule has 2 N–H and O–H groups in total. The topological polar surface area (TPSA) is 91.8 Å². The number of ether oxygens (including phenoxy) is 1. The van der Waals surface area contributed by atoms with Crippen LogP contribution in [0, 0.1) is 17.6 Å². The summed E-state index contributed by atoms with van der Waals surface area (Å²) in [6.07, 6.45) is 0.256. The number of halogens is 5. The van der Waals surface area contributed by atoms with E-state index in [4.69, 9.17) is 16.3 Å². The van der Waals surface area contributed by atoms with Gasteiger partial charge in [-0.25, -0.2) is 17.6 Å². The fourth-order valence-corrected chi connectivity index (χ4v) is 5.88. The molecule has 41 heavy (non-hydrogen) atoms. The van der Waals surface area contributed by atoms with Gasteiger partial charge in [0, 0.05) is 24.3 Å². The number of pyridine rings is 1. The molecule has 2 aliphatic rings. The molecule has 1 saturated carbocycles. The first-order chi connectivity index (χ1) is 19.6. The van der Waals surface area contributed by atoms with Gasteiger partial charge < -0.3 is 20.1 Å². The molecule has 0 spiro atoms. The molecule has 12 heteroatoms. The van der Waals surface area contributed by atoms with E-state index in [9.17, 15) is 32.3 Å². The number of hydrogen-bond acceptors (Lipinski definition) is 5. The Morgan fingerprint density at radius 1 is 1.20 bits per heavy atom. The fraction of sp³-hybridized carbons (Fsp3) is 0.345. The lowest BCUT2D eigenvalue weighted by molar-refractivity contribution is -0.132. The van der Waals surface area contributed by atoms with E-state index >= 15 is 0 Å². The van der Waals surface area contributed by atoms with E-state index < -0.39 is 46.7 Å². The predicted octanol–water partition coefficient (Wildman–Crippen LogP) is 5.53. The highest BCUT2D eigenvalue weighted by molar-refractivity contribution is 6.30. The number of amides is 2. The number of hydrogen-bond donors (Lipinski definition) is 2. The van der Waals surface area contributed by atoms with Crippen LogP contribution in [0.2, 0.25) is 5.02 Å². The number of fused-ring (bicyclic) bond motifs is 1. The number of anilines is 1. The lowest BCUT2D eigenvalue weighted by Gasteiger charge is -2.32. The summed E-state index contributed by atoms with van der Waals surface area (Å²) in [5.74, 6) is -3.97. The van der Waals surface area contributed by atoms with E-state index in [-0.39, 0.29) is 40.4 Å². The van der Waals surface area contributed by atoms with Crippen molar-refractivity contribution in [1.29, 1.82) is 0 Å². The normalized spacial score (nSPS) is 22.1. The monoisotopic (exact) mass is 591 g/mol. The van der Waals surface area contributed by atoms with Crippen LogP contribution in [0.15, 0.2) is 48.7 Å². The highest BCUT2D eigenvalue weighted by atomic mass is 35.5. The van der Waals surface area contributed by atoms with Crippen LogP contribution in [-0.4, -0.2) is 41.6 Å². The zero-order valence-electron chi connectivity index (χ0n) is 21.8. The number of nitrogens with one attached hydrogen (secondary N) is 1. The van der Waals surface area contributed by atoms with Crippen molar-refractivity contribution in [2.45, 2.75) is 43.8 Å². The zero-order valence-corrected chi connectivity index (χ0v) is 22.6. The third-order valence-corrected chi connectivity index (χ3v) is 7.94. The lowest BCUT2D eigenvalue weighted by atomic mass is 9.85. The third-order valence-electron chi connectivity index (χ3n) is 7.73. The summed E-state index contributed by atoms with van der Waals surface area (Å²) >= 11 is 5.87. The van der Waals surface area contributed by atoms with Crippen molar-refractivity contribution in [3.8, 4) is 5.75 Å². The van der Waals surface area contributed by atoms with Crippen molar-refractivity contribution in [1.82, 2.24) is 10.3 Å². The highest BCUT2D eigenvalue weighted by Gasteiger charge is 2.55. The molecule has 2 aromatic carbocycles. The Balaban J connectivity index is 1.33. The molecule has 1 aliphatic heterocycles. The number of alkyl halides is 2. The molecule has 0 bridgehead atoms. The van der Waals surface area contributed by atoms with Crippen LogP contribution in [0.4, 0.5) is 23.2 Å². The van der Waals surface area contributed by atoms with Crippen molar-refractivity contribution < 1.29 is 37.0 Å². The highest BCUT2D eigenvalue weighted by Crippen LogP contribution is 2.50. The molecule has 1 aromatic heterocycles. The average Bonchev–Trinajstić information content (AvgIpc) is 3.17. The Labute approximate surface area is 238 Å². The van der Waals surface area contributed by atoms with Crippen LogP contribution >= 0.6 is 11.6 Å². The largest absolute Gasteiger partial charge is 0.496 e. The summed E-state index contributed by atoms with van der Waals surface area (Å²) in [6.45, 7) is 0.173. The maximum Gasteiger partial charge on any atom is 0.281 e. The maximum atomic E-state index is 14.9. The number of carbonyl (C=O) groups excluding carboxylic acids is 2. The minimum atomic E-state index is -2.94. The molecule has 1 atom stereocenters. The van der Waals surface area contributed by atoms with Crippen molar-refractivity contribution in [3.63, 3.8) is 0 Å². The summed E-state index contributed by atoms with van der Waals surface area (Å²) in [7, 11) is 1.35. The van der Waals surface area contributed by atoms with E-state index in [1.54, 1.807) is 12.1 Å². The molecule has 2 amide bonds. The van der Waals surface area contributed by atoms with Crippen LogP contribution in [0.3, 0.4) is 0 Å². The van der Waals surface area contributed by atoms with E-state index in [1.807, 2.05) is 0 Å². The fourth-order valence-electron chi connectivity index (χ4n) is 5.72. The second-order valence-corrected chi connectivity index (χ2v) is 10.6. The molecule has 5 rings (SSSR count). The van der Waals surface area contributed by atoms with Crippen molar-refractivity contribution >= 4 is 29.1 Å². The van der Waals surface area contributed by atoms with Gasteiger partial charge in [0.15, 0.2) is 11.6 Å². The smallest absolute Gasteiger partial charge is 0.281 e. The number of nitrogens with zero attached hydrogens (tertiary/aromatic N) is 2. The van der Waals surface area contributed by atoms with E-state index in [0.717, 1.165) is 18.3 Å². The Bertz CT molecular complexity index is 1500. The van der Waals surface area contributed by atoms with E-state index in [1.165, 1.54) is 30.2 Å². The summed E-state index contributed by atoms with van der Waals surface area (Å²) in [5.41, 5.74) is -3.60. The van der Waals surface area contributed by atoms with Gasteiger partial charge in [-0.3, -0.25) is 14.6 Å². The summed E-state index contributed by atoms with van der Waals surface area (Å²) in [5, 5.41) is 14.6. The molecule has 0 saturated heterocycles. The van der Waals surface area contributed by atoms with Gasteiger partial charge in [-0.1, -0.05) is 29.8 Å². The average molecular weight is 592 g/mol. The summed E-state index contributed by atoms with van der Waals surface area (Å²) in [4.78, 5) is 31.5. The van der Waals surface area contributed by atoms with Crippen molar-refractivity contribution in [2.24, 2.45) is 5.92 Å². The number of rotatable bonds is 7. The van der Waals surface area contributed by atoms with Crippen LogP contribution in [0.1, 0.15) is 59.3 Å². The Hall–Kier alpha value is -3.70. The predicted molar refractivity (Wildman–Crippen MR) is 142 cm³/mol. The SMILES string of the molecule is COc1cccc2c1C(O)(c1cccc(F)c1F)C(=O)N2C[C@H]1CC[C@H](NC(=O)c2cc(Cl)cnc2C(F)F)CC1. The minimum Gasteiger partial charge on any atom is -0.496 e. The number of aliphatic hydroxyl groups is 1. The van der Waals surface area contributed by atoms with Gasteiger partial charge in [-0.2, -0.15) is 0 Å². The Morgan fingerprint density at radius 3 is 2.59 bits per heavy atom. The maximum absolute atomic E-state index is 14.9. The quantitative estimate of drug-likeness (QED) is 0.353. The van der Waals surface area contributed by atoms with Gasteiger partial charge in [0.05, 0.1) is 28.9 Å². The molecule has 3 aromatic rings. The lowest BCUT2D eigenvalue weighted by Crippen LogP contribution is -2.45. The van der Waals surface area contributed by atoms with Gasteiger partial charge in [-0.05, 0) is 55.9 Å². The van der Waals surface area contributed by atoms with Gasteiger partial charge in [0.1, 0.15) is 11.4 Å². The van der Waals surface area contributed by atoms with Crippen LogP contribution < -0.4 is 15.0 Å². The number of aromatic nitrogens is 1. The molecule has 0 radical (unpaired) electrons. The van der Waals surface area contributed by atoms with Crippen LogP contribution in [0.25, 0.3) is 0 Å². The van der Waals surface area contributed by atoms with Gasteiger partial charge in [0.2, 0.25) is 5.60 Å². The van der Waals surface area contributed by atoms with Gasteiger partial charge in [-0.15, -0.1) is 0 Å². The molecule has 216 valence electrons. The summed E-state index contributed by atoms with van der Waals surface area (Å²) in [6, 6.07) is 8.91. The van der Waals surface area contributed by atoms with E-state index in [0.29, 0.717) is 31.4 Å². The molecular formula is C29H26ClF4N3O4. The van der Waals surface area contributed by atoms with Crippen LogP contribution in [-0.2, 0) is 10.4 Å². The minimum absolute atomic E-state index is 0.0305. The first kappa shape index (κ1) is 28.8. The number of methoxy groups -OCH3 is 1. The van der Waals surface area contributed by atoms with E-state index in [2.05, 4.69) is 10.3 Å². The molecule has 2 heterocycles. The number of benzene rings is 2. The third kappa shape index (κ3) is 5.12. The van der Waals surface area contributed by atoms with Gasteiger partial charge in [0.25, 0.3) is 18.2 Å². The molecule has 1 aliphatic carbocycles. The number of carbonyl (C=O) groups is 2. The van der Waals surface area contributed by atoms with Crippen molar-refractivity contribution in [2.75, 3.05) is 18.6 Å². The second kappa shape index (κ2) is 11.3. The standard InChI is InChI=1S/C29H26ClF4N3O4/c1-41-22-7-3-6-21-23(22)29(40,19-4-2-5-20(31)24(19)32)28(39)37(21)14-15-8-10-17(11-9-15)36-27(38)18-12-16(30)13-35-25(18)26(33)34/h2-7,12-13,15,17,26,40H,8-11,14H2,1H3,(H,36,38)/t15-,17-,29?. The zero-order chi connectivity index (χ0) is 29.5. The second-order valence-electron chi connectivity index (χ2n) is 10.2. The molecule has 1 unspecified atom stereocenters. The molecule has 7 nitrogen and oxygen atoms in total. The molecule has 1 fully saturated rings. The first-order valence-electron chi connectivity index (χ1n) is 13.0. The molecular weight excluding hydrogens is 566 g/mol. The van der Waals surface area contributed by atoms with Crippen molar-refractivity contribution in [3.05, 3.63) is 87.7 Å². The Morgan fingerprint density at radius 2 is 1.90 bits per heavy atom. The Kier molecular flexibility index (Phi) is 7.93. The summed E-state index contributed by atoms with van der Waals surface area (Å²) < 4.78 is 61.2. The van der Waals surface area contributed by atoms with Gasteiger partial charge >= 0.3 is 0 Å². The van der Waals surface area contributed by atoms with Crippen LogP contribution in [0.5, 0.6) is 5.75 Å².